The van der Waals surface area contributed by atoms with Crippen molar-refractivity contribution in [3.05, 3.63) is 88.0 Å². The molecule has 3 aromatic carbocycles. The second-order valence-corrected chi connectivity index (χ2v) is 9.39. The quantitative estimate of drug-likeness (QED) is 0.579. The molecule has 2 heterocycles. The fraction of sp³-hybridized carbons (Fsp3) is 0.0455. The number of para-hydroxylation sites is 2. The van der Waals surface area contributed by atoms with Gasteiger partial charge in [0.15, 0.2) is 17.2 Å². The SMILES string of the molecule is O=C(O)C1=C(c2cccc3c2OCO3)c2ccccc2S(=O)(=O)N1c1ccccc1Br. The molecular formula is C22H14BrNO6S. The fourth-order valence-corrected chi connectivity index (χ4v) is 6.11. The van der Waals surface area contributed by atoms with Crippen molar-refractivity contribution in [2.24, 2.45) is 0 Å². The Kier molecular flexibility index (Phi) is 4.53. The maximum atomic E-state index is 13.6. The smallest absolute Gasteiger partial charge is 0.354 e. The lowest BCUT2D eigenvalue weighted by Crippen LogP contribution is -2.38. The Balaban J connectivity index is 1.94. The van der Waals surface area contributed by atoms with Crippen LogP contribution < -0.4 is 13.8 Å². The minimum Gasteiger partial charge on any atom is -0.477 e. The zero-order chi connectivity index (χ0) is 21.8. The molecule has 156 valence electrons. The van der Waals surface area contributed by atoms with E-state index in [0.29, 0.717) is 21.5 Å². The van der Waals surface area contributed by atoms with E-state index in [1.54, 1.807) is 60.7 Å². The van der Waals surface area contributed by atoms with E-state index in [0.717, 1.165) is 4.31 Å². The van der Waals surface area contributed by atoms with Crippen molar-refractivity contribution < 1.29 is 27.8 Å². The number of ether oxygens (including phenoxy) is 2. The average Bonchev–Trinajstić information content (AvgIpc) is 3.23. The molecule has 0 bridgehead atoms. The molecule has 0 radical (unpaired) electrons. The Morgan fingerprint density at radius 3 is 2.42 bits per heavy atom. The summed E-state index contributed by atoms with van der Waals surface area (Å²) in [6.07, 6.45) is 0. The van der Waals surface area contributed by atoms with Gasteiger partial charge in [-0.3, -0.25) is 0 Å². The van der Waals surface area contributed by atoms with Crippen LogP contribution in [0, 0.1) is 0 Å². The zero-order valence-electron chi connectivity index (χ0n) is 15.8. The number of anilines is 1. The van der Waals surface area contributed by atoms with Gasteiger partial charge in [-0.1, -0.05) is 42.5 Å². The van der Waals surface area contributed by atoms with Gasteiger partial charge in [0.2, 0.25) is 6.79 Å². The van der Waals surface area contributed by atoms with Gasteiger partial charge in [0.1, 0.15) is 0 Å². The Labute approximate surface area is 186 Å². The van der Waals surface area contributed by atoms with Gasteiger partial charge in [0, 0.05) is 21.2 Å². The monoisotopic (exact) mass is 499 g/mol. The molecule has 2 aliphatic heterocycles. The van der Waals surface area contributed by atoms with E-state index in [1.165, 1.54) is 6.07 Å². The summed E-state index contributed by atoms with van der Waals surface area (Å²) < 4.78 is 39.6. The number of sulfonamides is 1. The molecule has 7 nitrogen and oxygen atoms in total. The molecule has 9 heteroatoms. The number of fused-ring (bicyclic) bond motifs is 2. The molecule has 0 saturated carbocycles. The lowest BCUT2D eigenvalue weighted by Gasteiger charge is -2.33. The van der Waals surface area contributed by atoms with Crippen molar-refractivity contribution in [3.63, 3.8) is 0 Å². The average molecular weight is 500 g/mol. The summed E-state index contributed by atoms with van der Waals surface area (Å²) in [5.74, 6) is -0.550. The van der Waals surface area contributed by atoms with E-state index in [4.69, 9.17) is 9.47 Å². The summed E-state index contributed by atoms with van der Waals surface area (Å²) in [6, 6.07) is 18.0. The lowest BCUT2D eigenvalue weighted by atomic mass is 9.94. The number of halogens is 1. The first-order chi connectivity index (χ1) is 14.9. The number of benzene rings is 3. The van der Waals surface area contributed by atoms with Gasteiger partial charge in [-0.15, -0.1) is 0 Å². The Bertz CT molecular complexity index is 1380. The van der Waals surface area contributed by atoms with E-state index in [-0.39, 0.29) is 28.5 Å². The van der Waals surface area contributed by atoms with Gasteiger partial charge in [-0.25, -0.2) is 17.5 Å². The van der Waals surface area contributed by atoms with E-state index in [2.05, 4.69) is 15.9 Å². The van der Waals surface area contributed by atoms with E-state index in [1.807, 2.05) is 0 Å². The molecule has 1 N–H and O–H groups in total. The van der Waals surface area contributed by atoms with Crippen molar-refractivity contribution in [1.82, 2.24) is 0 Å². The third-order valence-electron chi connectivity index (χ3n) is 5.05. The molecule has 31 heavy (non-hydrogen) atoms. The van der Waals surface area contributed by atoms with Gasteiger partial charge in [0.05, 0.1) is 10.6 Å². The number of rotatable bonds is 3. The minimum atomic E-state index is -4.22. The first kappa shape index (κ1) is 19.7. The second kappa shape index (κ2) is 7.14. The maximum Gasteiger partial charge on any atom is 0.354 e. The fourth-order valence-electron chi connectivity index (χ4n) is 3.81. The van der Waals surface area contributed by atoms with Gasteiger partial charge in [0.25, 0.3) is 10.0 Å². The summed E-state index contributed by atoms with van der Waals surface area (Å²) >= 11 is 3.36. The van der Waals surface area contributed by atoms with Crippen LogP contribution in [0.1, 0.15) is 11.1 Å². The van der Waals surface area contributed by atoms with E-state index in [9.17, 15) is 18.3 Å². The first-order valence-corrected chi connectivity index (χ1v) is 11.4. The first-order valence-electron chi connectivity index (χ1n) is 9.17. The number of hydrogen-bond acceptors (Lipinski definition) is 5. The van der Waals surface area contributed by atoms with Crippen LogP contribution in [0.15, 0.2) is 81.8 Å². The maximum absolute atomic E-state index is 13.6. The molecule has 0 aromatic heterocycles. The van der Waals surface area contributed by atoms with Crippen molar-refractivity contribution in [3.8, 4) is 11.5 Å². The van der Waals surface area contributed by atoms with Gasteiger partial charge >= 0.3 is 5.97 Å². The molecule has 3 aromatic rings. The Hall–Kier alpha value is -3.30. The molecular weight excluding hydrogens is 486 g/mol. The highest BCUT2D eigenvalue weighted by molar-refractivity contribution is 9.10. The number of hydrogen-bond donors (Lipinski definition) is 1. The zero-order valence-corrected chi connectivity index (χ0v) is 18.2. The minimum absolute atomic E-state index is 0.00210. The molecule has 0 aliphatic carbocycles. The van der Waals surface area contributed by atoms with Crippen LogP contribution in [-0.2, 0) is 14.8 Å². The third kappa shape index (κ3) is 2.92. The topological polar surface area (TPSA) is 93.1 Å². The highest BCUT2D eigenvalue weighted by Gasteiger charge is 2.43. The highest BCUT2D eigenvalue weighted by Crippen LogP contribution is 2.48. The number of carbonyl (C=O) groups is 1. The largest absolute Gasteiger partial charge is 0.477 e. The number of aliphatic carboxylic acids is 1. The van der Waals surface area contributed by atoms with Crippen LogP contribution in [0.2, 0.25) is 0 Å². The van der Waals surface area contributed by atoms with Crippen LogP contribution in [-0.4, -0.2) is 26.3 Å². The summed E-state index contributed by atoms with van der Waals surface area (Å²) in [4.78, 5) is 12.6. The Morgan fingerprint density at radius 2 is 1.65 bits per heavy atom. The normalized spacial score (nSPS) is 16.2. The molecule has 0 spiro atoms. The van der Waals surface area contributed by atoms with E-state index >= 15 is 0 Å². The van der Waals surface area contributed by atoms with Crippen LogP contribution in [0.3, 0.4) is 0 Å². The number of carboxylic acid groups (broad SMARTS) is 1. The number of nitrogens with zero attached hydrogens (tertiary/aromatic N) is 1. The van der Waals surface area contributed by atoms with Gasteiger partial charge in [-0.05, 0) is 40.2 Å². The van der Waals surface area contributed by atoms with E-state index < -0.39 is 21.7 Å². The summed E-state index contributed by atoms with van der Waals surface area (Å²) in [6.45, 7) is -0.00404. The molecule has 0 saturated heterocycles. The molecule has 2 aliphatic rings. The van der Waals surface area contributed by atoms with Gasteiger partial charge < -0.3 is 14.6 Å². The van der Waals surface area contributed by atoms with Crippen LogP contribution in [0.4, 0.5) is 5.69 Å². The lowest BCUT2D eigenvalue weighted by molar-refractivity contribution is -0.132. The van der Waals surface area contributed by atoms with Crippen LogP contribution >= 0.6 is 15.9 Å². The summed E-state index contributed by atoms with van der Waals surface area (Å²) in [5.41, 5.74) is 0.751. The number of carboxylic acids is 1. The summed E-state index contributed by atoms with van der Waals surface area (Å²) in [7, 11) is -4.22. The molecule has 0 fully saturated rings. The van der Waals surface area contributed by atoms with Crippen molar-refractivity contribution in [1.29, 1.82) is 0 Å². The Morgan fingerprint density at radius 1 is 0.935 bits per heavy atom. The highest BCUT2D eigenvalue weighted by atomic mass is 79.9. The van der Waals surface area contributed by atoms with Crippen molar-refractivity contribution >= 4 is 43.2 Å². The molecule has 0 unspecified atom stereocenters. The predicted octanol–water partition coefficient (Wildman–Crippen LogP) is 4.23. The second-order valence-electron chi connectivity index (χ2n) is 6.79. The third-order valence-corrected chi connectivity index (χ3v) is 7.50. The standard InChI is InChI=1S/C22H14BrNO6S/c23-15-8-2-3-9-16(15)24-20(22(25)26)19(13-6-1-4-11-18(13)31(24,27)28)14-7-5-10-17-21(14)30-12-29-17/h1-11H,12H2,(H,25,26). The molecule has 0 amide bonds. The van der Waals surface area contributed by atoms with Crippen molar-refractivity contribution in [2.45, 2.75) is 4.90 Å². The molecule has 5 rings (SSSR count). The van der Waals surface area contributed by atoms with Crippen LogP contribution in [0.5, 0.6) is 11.5 Å². The predicted molar refractivity (Wildman–Crippen MR) is 116 cm³/mol. The summed E-state index contributed by atoms with van der Waals surface area (Å²) in [5, 5.41) is 10.2. The molecule has 0 atom stereocenters. The van der Waals surface area contributed by atoms with Crippen LogP contribution in [0.25, 0.3) is 5.57 Å². The van der Waals surface area contributed by atoms with Gasteiger partial charge in [-0.2, -0.15) is 0 Å². The van der Waals surface area contributed by atoms with Crippen molar-refractivity contribution in [2.75, 3.05) is 11.1 Å².